The average molecular weight is 375 g/mol. The van der Waals surface area contributed by atoms with Gasteiger partial charge >= 0.3 is 0 Å². The molecular formula is C22H25N5O. The van der Waals surface area contributed by atoms with Crippen molar-refractivity contribution in [2.45, 2.75) is 38.8 Å². The summed E-state index contributed by atoms with van der Waals surface area (Å²) in [4.78, 5) is 17.6. The van der Waals surface area contributed by atoms with E-state index in [9.17, 15) is 4.79 Å². The van der Waals surface area contributed by atoms with Crippen molar-refractivity contribution in [3.8, 4) is 0 Å². The van der Waals surface area contributed by atoms with Crippen molar-refractivity contribution in [1.29, 1.82) is 0 Å². The van der Waals surface area contributed by atoms with Gasteiger partial charge in [0.05, 0.1) is 12.0 Å². The fourth-order valence-corrected chi connectivity index (χ4v) is 3.82. The second-order valence-electron chi connectivity index (χ2n) is 7.61. The van der Waals surface area contributed by atoms with Crippen molar-refractivity contribution in [2.24, 2.45) is 5.92 Å². The highest BCUT2D eigenvalue weighted by Crippen LogP contribution is 2.36. The number of hydrogen-bond acceptors (Lipinski definition) is 4. The predicted octanol–water partition coefficient (Wildman–Crippen LogP) is 4.06. The number of nitrogens with one attached hydrogen (secondary N) is 2. The van der Waals surface area contributed by atoms with Crippen molar-refractivity contribution in [1.82, 2.24) is 14.8 Å². The van der Waals surface area contributed by atoms with Gasteiger partial charge < -0.3 is 10.6 Å². The number of para-hydroxylation sites is 1. The number of carbonyl (C=O) groups is 1. The first-order chi connectivity index (χ1) is 13.5. The van der Waals surface area contributed by atoms with Gasteiger partial charge in [0.2, 0.25) is 11.9 Å². The average Bonchev–Trinajstić information content (AvgIpc) is 3.15. The predicted molar refractivity (Wildman–Crippen MR) is 110 cm³/mol. The van der Waals surface area contributed by atoms with Crippen LogP contribution in [0.3, 0.4) is 0 Å². The van der Waals surface area contributed by atoms with E-state index >= 15 is 0 Å². The zero-order valence-corrected chi connectivity index (χ0v) is 16.3. The fraction of sp³-hybridized carbons (Fsp3) is 0.318. The maximum Gasteiger partial charge on any atom is 0.232 e. The third-order valence-corrected chi connectivity index (χ3v) is 5.36. The number of hydrogen-bond donors (Lipinski definition) is 2. The third kappa shape index (κ3) is 3.38. The van der Waals surface area contributed by atoms with Crippen LogP contribution in [0, 0.1) is 5.92 Å². The Morgan fingerprint density at radius 3 is 2.50 bits per heavy atom. The largest absolute Gasteiger partial charge is 0.351 e. The van der Waals surface area contributed by atoms with E-state index in [2.05, 4.69) is 58.8 Å². The number of rotatable bonds is 4. The summed E-state index contributed by atoms with van der Waals surface area (Å²) in [7, 11) is 0. The van der Waals surface area contributed by atoms with Crippen LogP contribution in [-0.4, -0.2) is 26.7 Å². The molecule has 4 rings (SSSR count). The monoisotopic (exact) mass is 375 g/mol. The molecule has 28 heavy (non-hydrogen) atoms. The van der Waals surface area contributed by atoms with Gasteiger partial charge in [0, 0.05) is 11.7 Å². The molecule has 2 heterocycles. The van der Waals surface area contributed by atoms with Gasteiger partial charge in [0.25, 0.3) is 0 Å². The van der Waals surface area contributed by atoms with Gasteiger partial charge in [-0.05, 0) is 36.1 Å². The minimum Gasteiger partial charge on any atom is -0.351 e. The lowest BCUT2D eigenvalue weighted by Crippen LogP contribution is -2.46. The van der Waals surface area contributed by atoms with Crippen molar-refractivity contribution in [3.63, 3.8) is 0 Å². The fourth-order valence-electron chi connectivity index (χ4n) is 3.82. The highest BCUT2D eigenvalue weighted by atomic mass is 16.2. The van der Waals surface area contributed by atoms with Crippen LogP contribution in [0.4, 0.5) is 11.6 Å². The molecule has 0 fully saturated rings. The van der Waals surface area contributed by atoms with Gasteiger partial charge in [-0.15, -0.1) is 0 Å². The molecule has 0 bridgehead atoms. The molecule has 0 saturated heterocycles. The van der Waals surface area contributed by atoms with Crippen molar-refractivity contribution in [3.05, 3.63) is 72.1 Å². The van der Waals surface area contributed by atoms with Gasteiger partial charge in [-0.2, -0.15) is 10.1 Å². The Balaban J connectivity index is 1.71. The van der Waals surface area contributed by atoms with Crippen molar-refractivity contribution < 1.29 is 4.79 Å². The summed E-state index contributed by atoms with van der Waals surface area (Å²) in [5.41, 5.74) is 3.12. The summed E-state index contributed by atoms with van der Waals surface area (Å²) in [5.74, 6) is 0.777. The smallest absolute Gasteiger partial charge is 0.232 e. The normalized spacial score (nSPS) is 21.1. The third-order valence-electron chi connectivity index (χ3n) is 5.36. The van der Waals surface area contributed by atoms with Crippen molar-refractivity contribution >= 4 is 17.5 Å². The van der Waals surface area contributed by atoms with Gasteiger partial charge in [-0.25, -0.2) is 4.68 Å². The molecule has 2 N–H and O–H groups in total. The van der Waals surface area contributed by atoms with Crippen LogP contribution in [0.5, 0.6) is 0 Å². The van der Waals surface area contributed by atoms with E-state index in [1.54, 1.807) is 0 Å². The highest BCUT2D eigenvalue weighted by Gasteiger charge is 2.41. The summed E-state index contributed by atoms with van der Waals surface area (Å²) < 4.78 is 1.82. The summed E-state index contributed by atoms with van der Waals surface area (Å²) in [6.07, 6.45) is 1.53. The Bertz CT molecular complexity index is 949. The number of aromatic nitrogens is 3. The first kappa shape index (κ1) is 18.2. The lowest BCUT2D eigenvalue weighted by atomic mass is 9.84. The molecule has 3 aromatic rings. The molecule has 0 saturated carbocycles. The number of carbonyl (C=O) groups excluding carboxylic acids is 1. The first-order valence-electron chi connectivity index (χ1n) is 9.66. The minimum absolute atomic E-state index is 0.0368. The number of benzene rings is 2. The van der Waals surface area contributed by atoms with Crippen LogP contribution >= 0.6 is 0 Å². The van der Waals surface area contributed by atoms with Crippen molar-refractivity contribution in [2.75, 3.05) is 10.6 Å². The molecular weight excluding hydrogens is 350 g/mol. The van der Waals surface area contributed by atoms with Gasteiger partial charge in [0.1, 0.15) is 6.33 Å². The lowest BCUT2D eigenvalue weighted by molar-refractivity contribution is -0.121. The number of amides is 1. The van der Waals surface area contributed by atoms with E-state index < -0.39 is 0 Å². The van der Waals surface area contributed by atoms with E-state index in [-0.39, 0.29) is 23.9 Å². The molecule has 6 heteroatoms. The van der Waals surface area contributed by atoms with Crippen LogP contribution in [0.1, 0.15) is 43.9 Å². The van der Waals surface area contributed by atoms with E-state index in [1.165, 1.54) is 11.9 Å². The van der Waals surface area contributed by atoms with Gasteiger partial charge in [-0.1, -0.05) is 56.3 Å². The molecule has 0 unspecified atom stereocenters. The van der Waals surface area contributed by atoms with Gasteiger partial charge in [0.15, 0.2) is 0 Å². The second-order valence-corrected chi connectivity index (χ2v) is 7.61. The number of anilines is 2. The lowest BCUT2D eigenvalue weighted by Gasteiger charge is -2.37. The summed E-state index contributed by atoms with van der Waals surface area (Å²) in [6.45, 7) is 6.36. The Hall–Kier alpha value is -3.15. The Morgan fingerprint density at radius 2 is 1.82 bits per heavy atom. The first-order valence-corrected chi connectivity index (χ1v) is 9.66. The van der Waals surface area contributed by atoms with Crippen LogP contribution < -0.4 is 10.6 Å². The molecule has 144 valence electrons. The summed E-state index contributed by atoms with van der Waals surface area (Å²) in [6, 6.07) is 17.7. The topological polar surface area (TPSA) is 71.8 Å². The molecule has 1 amide bonds. The van der Waals surface area contributed by atoms with E-state index in [0.29, 0.717) is 11.9 Å². The van der Waals surface area contributed by atoms with Crippen LogP contribution in [0.15, 0.2) is 60.9 Å². The van der Waals surface area contributed by atoms with E-state index in [4.69, 9.17) is 0 Å². The van der Waals surface area contributed by atoms with E-state index in [0.717, 1.165) is 11.3 Å². The minimum atomic E-state index is -0.334. The maximum absolute atomic E-state index is 13.3. The molecule has 6 nitrogen and oxygen atoms in total. The summed E-state index contributed by atoms with van der Waals surface area (Å²) in [5, 5.41) is 10.8. The number of fused-ring (bicyclic) bond motifs is 1. The van der Waals surface area contributed by atoms with Gasteiger partial charge in [-0.3, -0.25) is 4.79 Å². The Morgan fingerprint density at radius 1 is 1.11 bits per heavy atom. The maximum atomic E-state index is 13.3. The summed E-state index contributed by atoms with van der Waals surface area (Å²) >= 11 is 0. The molecule has 1 aromatic heterocycles. The standard InChI is InChI=1S/C22H25N5O/c1-14(2)16-9-11-17(12-10-16)20-19(15(3)25-22-23-13-24-27(20)22)21(28)26-18-7-5-4-6-8-18/h4-15,19-20H,1-3H3,(H,26,28)(H,23,24,25)/t15-,19+,20+/m0/s1. The number of nitrogens with zero attached hydrogens (tertiary/aromatic N) is 3. The molecule has 1 aliphatic heterocycles. The molecule has 0 radical (unpaired) electrons. The quantitative estimate of drug-likeness (QED) is 0.721. The van der Waals surface area contributed by atoms with E-state index in [1.807, 2.05) is 41.9 Å². The molecule has 2 aromatic carbocycles. The highest BCUT2D eigenvalue weighted by molar-refractivity contribution is 5.94. The van der Waals surface area contributed by atoms with Crippen LogP contribution in [0.2, 0.25) is 0 Å². The second kappa shape index (κ2) is 7.46. The molecule has 0 spiro atoms. The Kier molecular flexibility index (Phi) is 4.86. The zero-order valence-electron chi connectivity index (χ0n) is 16.3. The zero-order chi connectivity index (χ0) is 19.7. The molecule has 1 aliphatic rings. The SMILES string of the molecule is CC(C)c1ccc([C@@H]2[C@H](C(=O)Nc3ccccc3)[C@H](C)Nc3ncnn32)cc1. The molecule has 0 aliphatic carbocycles. The van der Waals surface area contributed by atoms with Crippen LogP contribution in [-0.2, 0) is 4.79 Å². The van der Waals surface area contributed by atoms with Crippen LogP contribution in [0.25, 0.3) is 0 Å². The Labute approximate surface area is 165 Å². The molecule has 3 atom stereocenters.